The molecule has 15 heteroatoms. The minimum Gasteiger partial charge on any atom is -0.387 e. The minimum atomic E-state index is 0.309. The van der Waals surface area contributed by atoms with Gasteiger partial charge in [0.25, 0.3) is 0 Å². The Morgan fingerprint density at radius 3 is 2.26 bits per heavy atom. The first-order valence-corrected chi connectivity index (χ1v) is 23.7. The molecule has 7 heterocycles. The lowest BCUT2D eigenvalue weighted by Crippen LogP contribution is -2.48. The lowest BCUT2D eigenvalue weighted by Gasteiger charge is -2.36. The maximum Gasteiger partial charge on any atom is 0.160 e. The number of likely N-dealkylation sites (tertiary alicyclic amines) is 1. The van der Waals surface area contributed by atoms with Gasteiger partial charge in [0.2, 0.25) is 0 Å². The standard InChI is InChI=1S/C51H64N14O/c1-36(52)28-44(53)54-47-31-50(64-25-23-63(24-26-64)35-43-12-7-27-66-43)58-46(55-47)16-14-39-10-6-11-42(30-39)41-18-20-62(21-19-41)33-40-17-22-65(34-40)51-32-48(57-49-29-37(2)60-61-49)56-45(59-51)15-13-38-8-4-3-5-9-38/h3-6,8-11,13-16,29-32,40-41,43,52H,7,12,17-28,33-35H2,1-2H3,(H2,53,54,55,58)(H2,56,57,59,60,61)/b15-13+,16-14+,52-36?. The van der Waals surface area contributed by atoms with E-state index < -0.39 is 0 Å². The third-order valence-corrected chi connectivity index (χ3v) is 13.0. The van der Waals surface area contributed by atoms with Crippen LogP contribution in [0.5, 0.6) is 0 Å². The van der Waals surface area contributed by atoms with E-state index in [9.17, 15) is 0 Å². The molecule has 0 radical (unpaired) electrons. The largest absolute Gasteiger partial charge is 0.387 e. The molecule has 4 aliphatic heterocycles. The van der Waals surface area contributed by atoms with Crippen LogP contribution in [0.25, 0.3) is 24.3 Å². The number of H-pyrrole nitrogens is 1. The molecule has 5 aromatic rings. The van der Waals surface area contributed by atoms with Crippen molar-refractivity contribution in [2.24, 2.45) is 16.6 Å². The highest BCUT2D eigenvalue weighted by Gasteiger charge is 2.29. The van der Waals surface area contributed by atoms with E-state index in [0.717, 1.165) is 144 Å². The summed E-state index contributed by atoms with van der Waals surface area (Å²) in [5.74, 6) is 6.50. The summed E-state index contributed by atoms with van der Waals surface area (Å²) in [7, 11) is 0. The normalized spacial score (nSPS) is 20.3. The first-order chi connectivity index (χ1) is 32.2. The number of amidine groups is 1. The fourth-order valence-electron chi connectivity index (χ4n) is 9.62. The molecule has 15 nitrogen and oxygen atoms in total. The van der Waals surface area contributed by atoms with Crippen LogP contribution in [0.4, 0.5) is 29.1 Å². The smallest absolute Gasteiger partial charge is 0.160 e. The highest BCUT2D eigenvalue weighted by atomic mass is 16.5. The number of aryl methyl sites for hydroxylation is 1. The van der Waals surface area contributed by atoms with Gasteiger partial charge in [0.05, 0.1) is 6.10 Å². The zero-order valence-electron chi connectivity index (χ0n) is 38.4. The number of hydrogen-bond donors (Lipinski definition) is 4. The second-order valence-electron chi connectivity index (χ2n) is 18.4. The van der Waals surface area contributed by atoms with Crippen LogP contribution in [-0.2, 0) is 4.74 Å². The Bertz CT molecular complexity index is 2500. The van der Waals surface area contributed by atoms with Crippen LogP contribution in [0.3, 0.4) is 0 Å². The fraction of sp³-hybridized carbons (Fsp3) is 0.431. The number of aromatic amines is 1. The van der Waals surface area contributed by atoms with Crippen LogP contribution in [0, 0.1) is 18.3 Å². The van der Waals surface area contributed by atoms with Crippen molar-refractivity contribution in [1.29, 1.82) is 5.41 Å². The third kappa shape index (κ3) is 12.3. The van der Waals surface area contributed by atoms with Gasteiger partial charge in [0, 0.05) is 95.0 Å². The number of aliphatic imine (C=N–C) groups is 1. The van der Waals surface area contributed by atoms with Gasteiger partial charge in [0.1, 0.15) is 23.3 Å². The monoisotopic (exact) mass is 889 g/mol. The van der Waals surface area contributed by atoms with Crippen molar-refractivity contribution >= 4 is 64.9 Å². The summed E-state index contributed by atoms with van der Waals surface area (Å²) in [5, 5.41) is 18.7. The molecule has 4 saturated heterocycles. The summed E-state index contributed by atoms with van der Waals surface area (Å²) < 4.78 is 5.90. The molecule has 4 aliphatic rings. The second-order valence-corrected chi connectivity index (χ2v) is 18.4. The first kappa shape index (κ1) is 44.9. The van der Waals surface area contributed by atoms with Gasteiger partial charge in [-0.15, -0.1) is 0 Å². The lowest BCUT2D eigenvalue weighted by molar-refractivity contribution is 0.0712. The van der Waals surface area contributed by atoms with Gasteiger partial charge in [-0.1, -0.05) is 66.7 Å². The van der Waals surface area contributed by atoms with E-state index in [1.54, 1.807) is 6.92 Å². The Morgan fingerprint density at radius 1 is 0.773 bits per heavy atom. The molecule has 3 aromatic heterocycles. The van der Waals surface area contributed by atoms with Crippen molar-refractivity contribution < 1.29 is 4.74 Å². The number of nitrogens with one attached hydrogen (secondary N) is 3. The first-order valence-electron chi connectivity index (χ1n) is 23.7. The second kappa shape index (κ2) is 21.3. The number of nitrogens with zero attached hydrogens (tertiary/aromatic N) is 10. The predicted octanol–water partition coefficient (Wildman–Crippen LogP) is 7.81. The Kier molecular flexibility index (Phi) is 14.5. The maximum absolute atomic E-state index is 7.90. The number of piperidine rings is 1. The van der Waals surface area contributed by atoms with Gasteiger partial charge < -0.3 is 35.9 Å². The van der Waals surface area contributed by atoms with Crippen molar-refractivity contribution in [2.45, 2.75) is 64.4 Å². The molecule has 66 heavy (non-hydrogen) atoms. The molecule has 2 atom stereocenters. The number of benzene rings is 2. The molecule has 2 aromatic carbocycles. The van der Waals surface area contributed by atoms with Gasteiger partial charge in [-0.05, 0) is 99.7 Å². The summed E-state index contributed by atoms with van der Waals surface area (Å²) >= 11 is 0. The Labute approximate surface area is 388 Å². The predicted molar refractivity (Wildman–Crippen MR) is 267 cm³/mol. The maximum atomic E-state index is 7.90. The number of aromatic nitrogens is 6. The molecule has 2 unspecified atom stereocenters. The molecule has 0 spiro atoms. The molecule has 5 N–H and O–H groups in total. The fourth-order valence-corrected chi connectivity index (χ4v) is 9.62. The summed E-state index contributed by atoms with van der Waals surface area (Å²) in [5.41, 5.74) is 11.3. The van der Waals surface area contributed by atoms with E-state index in [1.807, 2.05) is 55.5 Å². The molecule has 9 rings (SSSR count). The molecule has 0 bridgehead atoms. The molecular formula is C51H64N14O. The van der Waals surface area contributed by atoms with Crippen molar-refractivity contribution in [3.8, 4) is 0 Å². The van der Waals surface area contributed by atoms with Crippen LogP contribution < -0.4 is 20.9 Å². The molecule has 0 amide bonds. The Balaban J connectivity index is 0.809. The Morgan fingerprint density at radius 2 is 1.52 bits per heavy atom. The van der Waals surface area contributed by atoms with Crippen LogP contribution in [0.1, 0.15) is 85.4 Å². The molecule has 344 valence electrons. The van der Waals surface area contributed by atoms with Gasteiger partial charge in [-0.3, -0.25) is 10.00 Å². The van der Waals surface area contributed by atoms with Crippen LogP contribution in [0.15, 0.2) is 77.8 Å². The topological polar surface area (TPSA) is 177 Å². The van der Waals surface area contributed by atoms with E-state index in [-0.39, 0.29) is 0 Å². The number of ether oxygens (including phenoxy) is 1. The lowest BCUT2D eigenvalue weighted by atomic mass is 9.88. The average Bonchev–Trinajstić information content (AvgIpc) is 4.12. The number of piperazine rings is 1. The zero-order chi connectivity index (χ0) is 45.2. The van der Waals surface area contributed by atoms with E-state index in [1.165, 1.54) is 5.56 Å². The Hall–Kier alpha value is -6.29. The number of nitrogens with two attached hydrogens (primary N) is 1. The number of rotatable bonds is 16. The van der Waals surface area contributed by atoms with Crippen LogP contribution in [0.2, 0.25) is 0 Å². The minimum absolute atomic E-state index is 0.309. The van der Waals surface area contributed by atoms with E-state index >= 15 is 0 Å². The van der Waals surface area contributed by atoms with Crippen LogP contribution >= 0.6 is 0 Å². The highest BCUT2D eigenvalue weighted by Crippen LogP contribution is 2.32. The van der Waals surface area contributed by atoms with Crippen LogP contribution in [-0.4, -0.2) is 130 Å². The highest BCUT2D eigenvalue weighted by molar-refractivity contribution is 6.01. The van der Waals surface area contributed by atoms with Gasteiger partial charge in [-0.25, -0.2) is 24.9 Å². The summed E-state index contributed by atoms with van der Waals surface area (Å²) in [6.45, 7) is 14.5. The van der Waals surface area contributed by atoms with E-state index in [0.29, 0.717) is 53.4 Å². The quantitative estimate of drug-likeness (QED) is 0.0560. The SMILES string of the molecule is CC(=N)CC(N)=Nc1cc(N2CCN(CC3CCCO3)CC2)nc(/C=C/c2cccc(C3CCN(CC4CCN(c5cc(Nc6cc(C)[nH]n6)nc(/C=C/c6ccccc6)n5)C4)CC3)c2)n1. The summed E-state index contributed by atoms with van der Waals surface area (Å²) in [4.78, 5) is 34.1. The van der Waals surface area contributed by atoms with Crippen molar-refractivity contribution in [3.05, 3.63) is 107 Å². The van der Waals surface area contributed by atoms with Crippen molar-refractivity contribution in [1.82, 2.24) is 39.9 Å². The molecule has 0 saturated carbocycles. The summed E-state index contributed by atoms with van der Waals surface area (Å²) in [6, 6.07) is 25.1. The average molecular weight is 889 g/mol. The van der Waals surface area contributed by atoms with E-state index in [4.69, 9.17) is 35.8 Å². The number of hydrogen-bond acceptors (Lipinski definition) is 13. The van der Waals surface area contributed by atoms with Gasteiger partial charge >= 0.3 is 0 Å². The van der Waals surface area contributed by atoms with E-state index in [2.05, 4.69) is 88.7 Å². The molecular weight excluding hydrogens is 825 g/mol. The zero-order valence-corrected chi connectivity index (χ0v) is 38.4. The third-order valence-electron chi connectivity index (χ3n) is 13.0. The summed E-state index contributed by atoms with van der Waals surface area (Å²) in [6.07, 6.45) is 14.5. The molecule has 0 aliphatic carbocycles. The van der Waals surface area contributed by atoms with Crippen molar-refractivity contribution in [3.63, 3.8) is 0 Å². The van der Waals surface area contributed by atoms with Gasteiger partial charge in [-0.2, -0.15) is 5.10 Å². The number of anilines is 4. The van der Waals surface area contributed by atoms with Crippen molar-refractivity contribution in [2.75, 3.05) is 87.2 Å². The molecule has 4 fully saturated rings. The van der Waals surface area contributed by atoms with Gasteiger partial charge in [0.15, 0.2) is 23.3 Å².